The zero-order valence-electron chi connectivity index (χ0n) is 11.6. The minimum atomic E-state index is -0.795. The van der Waals surface area contributed by atoms with Crippen molar-refractivity contribution in [2.75, 3.05) is 12.4 Å². The summed E-state index contributed by atoms with van der Waals surface area (Å²) in [6, 6.07) is 4.82. The first-order chi connectivity index (χ1) is 9.97. The molecule has 2 rings (SSSR count). The van der Waals surface area contributed by atoms with Crippen LogP contribution in [0.15, 0.2) is 22.7 Å². The van der Waals surface area contributed by atoms with Crippen molar-refractivity contribution in [1.82, 2.24) is 5.32 Å². The van der Waals surface area contributed by atoms with Gasteiger partial charge < -0.3 is 20.5 Å². The summed E-state index contributed by atoms with van der Waals surface area (Å²) in [5, 5.41) is 14.5. The number of aliphatic carboxylic acids is 1. The summed E-state index contributed by atoms with van der Waals surface area (Å²) in [6.45, 7) is 0. The maximum Gasteiger partial charge on any atom is 0.319 e. The summed E-state index contributed by atoms with van der Waals surface area (Å²) in [5.74, 6) is -0.524. The molecule has 1 aliphatic rings. The number of anilines is 1. The van der Waals surface area contributed by atoms with Gasteiger partial charge in [-0.2, -0.15) is 0 Å². The molecule has 1 aromatic rings. The van der Waals surface area contributed by atoms with Gasteiger partial charge in [-0.1, -0.05) is 15.9 Å². The standard InChI is InChI=1S/C14H17BrN2O4/c1-21-12-6-9(15)5-11(7-12)17-14(20)16-10-3-2-8(4-10)13(18)19/h5-8,10H,2-4H2,1H3,(H,18,19)(H2,16,17,20)/t8-,10+/m1/s1. The minimum Gasteiger partial charge on any atom is -0.497 e. The highest BCUT2D eigenvalue weighted by molar-refractivity contribution is 9.10. The Kier molecular flexibility index (Phi) is 5.06. The summed E-state index contributed by atoms with van der Waals surface area (Å²) < 4.78 is 5.92. The molecule has 0 unspecified atom stereocenters. The summed E-state index contributed by atoms with van der Waals surface area (Å²) in [5.41, 5.74) is 0.603. The Balaban J connectivity index is 1.90. The van der Waals surface area contributed by atoms with E-state index in [2.05, 4.69) is 26.6 Å². The SMILES string of the molecule is COc1cc(Br)cc(NC(=O)N[C@H]2CC[C@@H](C(=O)O)C2)c1. The number of hydrogen-bond acceptors (Lipinski definition) is 3. The van der Waals surface area contributed by atoms with Gasteiger partial charge in [0.05, 0.1) is 13.0 Å². The van der Waals surface area contributed by atoms with Crippen molar-refractivity contribution in [2.45, 2.75) is 25.3 Å². The second kappa shape index (κ2) is 6.80. The maximum atomic E-state index is 11.9. The zero-order valence-corrected chi connectivity index (χ0v) is 13.1. The number of carboxylic acid groups (broad SMARTS) is 1. The Labute approximate surface area is 131 Å². The zero-order chi connectivity index (χ0) is 15.4. The van der Waals surface area contributed by atoms with Gasteiger partial charge in [-0.25, -0.2) is 4.79 Å². The van der Waals surface area contributed by atoms with Gasteiger partial charge in [0.25, 0.3) is 0 Å². The minimum absolute atomic E-state index is 0.0971. The van der Waals surface area contributed by atoms with E-state index in [1.54, 1.807) is 25.3 Å². The van der Waals surface area contributed by atoms with Crippen molar-refractivity contribution in [3.05, 3.63) is 22.7 Å². The van der Waals surface area contributed by atoms with E-state index < -0.39 is 5.97 Å². The third-order valence-electron chi connectivity index (χ3n) is 3.48. The molecule has 3 N–H and O–H groups in total. The van der Waals surface area contributed by atoms with Crippen molar-refractivity contribution in [3.8, 4) is 5.75 Å². The molecule has 114 valence electrons. The smallest absolute Gasteiger partial charge is 0.319 e. The number of carbonyl (C=O) groups excluding carboxylic acids is 1. The molecule has 0 bridgehead atoms. The number of benzene rings is 1. The summed E-state index contributed by atoms with van der Waals surface area (Å²) in [4.78, 5) is 22.8. The number of carboxylic acids is 1. The molecule has 1 fully saturated rings. The molecule has 6 nitrogen and oxygen atoms in total. The Bertz CT molecular complexity index is 550. The number of halogens is 1. The molecule has 0 spiro atoms. The molecule has 2 atom stereocenters. The number of methoxy groups -OCH3 is 1. The van der Waals surface area contributed by atoms with Crippen molar-refractivity contribution in [1.29, 1.82) is 0 Å². The summed E-state index contributed by atoms with van der Waals surface area (Å²) in [7, 11) is 1.55. The molecule has 1 aliphatic carbocycles. The molecule has 0 heterocycles. The first-order valence-electron chi connectivity index (χ1n) is 6.63. The van der Waals surface area contributed by atoms with Gasteiger partial charge in [0, 0.05) is 22.3 Å². The van der Waals surface area contributed by atoms with Gasteiger partial charge in [-0.05, 0) is 31.4 Å². The van der Waals surface area contributed by atoms with Gasteiger partial charge in [0.2, 0.25) is 0 Å². The Hall–Kier alpha value is -1.76. The van der Waals surface area contributed by atoms with Crippen molar-refractivity contribution in [2.24, 2.45) is 5.92 Å². The van der Waals surface area contributed by atoms with Crippen molar-refractivity contribution < 1.29 is 19.4 Å². The highest BCUT2D eigenvalue weighted by Crippen LogP contribution is 2.26. The van der Waals surface area contributed by atoms with Crippen LogP contribution < -0.4 is 15.4 Å². The van der Waals surface area contributed by atoms with E-state index in [1.807, 2.05) is 0 Å². The van der Waals surface area contributed by atoms with Crippen molar-refractivity contribution >= 4 is 33.6 Å². The van der Waals surface area contributed by atoms with E-state index in [0.29, 0.717) is 30.7 Å². The van der Waals surface area contributed by atoms with Crippen molar-refractivity contribution in [3.63, 3.8) is 0 Å². The number of nitrogens with one attached hydrogen (secondary N) is 2. The largest absolute Gasteiger partial charge is 0.497 e. The Morgan fingerprint density at radius 3 is 2.71 bits per heavy atom. The van der Waals surface area contributed by atoms with Crippen LogP contribution in [0.4, 0.5) is 10.5 Å². The first kappa shape index (κ1) is 15.6. The molecule has 2 amide bonds. The fraction of sp³-hybridized carbons (Fsp3) is 0.429. The van der Waals surface area contributed by atoms with E-state index in [-0.39, 0.29) is 18.0 Å². The highest BCUT2D eigenvalue weighted by Gasteiger charge is 2.30. The average molecular weight is 357 g/mol. The van der Waals surface area contributed by atoms with Crippen LogP contribution >= 0.6 is 15.9 Å². The normalized spacial score (nSPS) is 20.9. The lowest BCUT2D eigenvalue weighted by molar-refractivity contribution is -0.141. The predicted octanol–water partition coefficient (Wildman–Crippen LogP) is 2.83. The molecule has 1 aromatic carbocycles. The molecule has 0 radical (unpaired) electrons. The highest BCUT2D eigenvalue weighted by atomic mass is 79.9. The van der Waals surface area contributed by atoms with E-state index in [4.69, 9.17) is 9.84 Å². The Morgan fingerprint density at radius 2 is 2.10 bits per heavy atom. The topological polar surface area (TPSA) is 87.7 Å². The summed E-state index contributed by atoms with van der Waals surface area (Å²) in [6.07, 6.45) is 1.77. The second-order valence-corrected chi connectivity index (χ2v) is 5.94. The van der Waals surface area contributed by atoms with E-state index in [0.717, 1.165) is 4.47 Å². The molecule has 21 heavy (non-hydrogen) atoms. The summed E-state index contributed by atoms with van der Waals surface area (Å²) >= 11 is 3.34. The monoisotopic (exact) mass is 356 g/mol. The van der Waals surface area contributed by atoms with Gasteiger partial charge >= 0.3 is 12.0 Å². The Morgan fingerprint density at radius 1 is 1.33 bits per heavy atom. The quantitative estimate of drug-likeness (QED) is 0.773. The average Bonchev–Trinajstić information content (AvgIpc) is 2.86. The number of ether oxygens (including phenoxy) is 1. The molecule has 0 saturated heterocycles. The lowest BCUT2D eigenvalue weighted by Gasteiger charge is -2.14. The van der Waals surface area contributed by atoms with Gasteiger partial charge in [0.1, 0.15) is 5.75 Å². The number of rotatable bonds is 4. The number of hydrogen-bond donors (Lipinski definition) is 3. The van der Waals surface area contributed by atoms with Gasteiger partial charge in [-0.3, -0.25) is 4.79 Å². The van der Waals surface area contributed by atoms with Crippen LogP contribution in [0.3, 0.4) is 0 Å². The van der Waals surface area contributed by atoms with Crippen LogP contribution in [0.25, 0.3) is 0 Å². The fourth-order valence-electron chi connectivity index (χ4n) is 2.44. The van der Waals surface area contributed by atoms with E-state index >= 15 is 0 Å². The molecule has 7 heteroatoms. The number of amides is 2. The van der Waals surface area contributed by atoms with Crippen LogP contribution in [-0.4, -0.2) is 30.3 Å². The molecule has 0 aliphatic heterocycles. The van der Waals surface area contributed by atoms with Gasteiger partial charge in [0.15, 0.2) is 0 Å². The van der Waals surface area contributed by atoms with Crippen LogP contribution in [0.5, 0.6) is 5.75 Å². The molecular formula is C14H17BrN2O4. The number of carbonyl (C=O) groups is 2. The van der Waals surface area contributed by atoms with Crippen LogP contribution in [0.2, 0.25) is 0 Å². The lowest BCUT2D eigenvalue weighted by Crippen LogP contribution is -2.36. The fourth-order valence-corrected chi connectivity index (χ4v) is 2.91. The molecular weight excluding hydrogens is 340 g/mol. The van der Waals surface area contributed by atoms with Crippen LogP contribution in [-0.2, 0) is 4.79 Å². The van der Waals surface area contributed by atoms with Gasteiger partial charge in [-0.15, -0.1) is 0 Å². The van der Waals surface area contributed by atoms with E-state index in [9.17, 15) is 9.59 Å². The molecule has 1 saturated carbocycles. The molecule has 0 aromatic heterocycles. The van der Waals surface area contributed by atoms with E-state index in [1.165, 1.54) is 0 Å². The first-order valence-corrected chi connectivity index (χ1v) is 7.42. The lowest BCUT2D eigenvalue weighted by atomic mass is 10.1. The predicted molar refractivity (Wildman–Crippen MR) is 81.6 cm³/mol. The second-order valence-electron chi connectivity index (χ2n) is 5.02. The van der Waals surface area contributed by atoms with Crippen LogP contribution in [0, 0.1) is 5.92 Å². The third-order valence-corrected chi connectivity index (χ3v) is 3.94. The number of urea groups is 1. The van der Waals surface area contributed by atoms with Crippen LogP contribution in [0.1, 0.15) is 19.3 Å². The maximum absolute atomic E-state index is 11.9. The third kappa shape index (κ3) is 4.35.